The summed E-state index contributed by atoms with van der Waals surface area (Å²) in [4.78, 5) is 11.1. The predicted molar refractivity (Wildman–Crippen MR) is 34.0 cm³/mol. The zero-order chi connectivity index (χ0) is 7.40. The third-order valence-corrected chi connectivity index (χ3v) is 1.85. The van der Waals surface area contributed by atoms with Crippen molar-refractivity contribution < 1.29 is 21.1 Å². The Morgan fingerprint density at radius 2 is 2.60 bits per heavy atom. The molecule has 4 heteroatoms. The van der Waals surface area contributed by atoms with Crippen LogP contribution in [-0.4, -0.2) is 23.9 Å². The van der Waals surface area contributed by atoms with E-state index in [1.165, 1.54) is 0 Å². The number of rotatable bonds is 2. The van der Waals surface area contributed by atoms with Gasteiger partial charge in [0.25, 0.3) is 0 Å². The molecule has 1 aliphatic heterocycles. The first-order valence-electron chi connectivity index (χ1n) is 3.44. The van der Waals surface area contributed by atoms with E-state index in [0.717, 1.165) is 19.4 Å². The van der Waals surface area contributed by atoms with Crippen LogP contribution >= 0.6 is 0 Å². The Kier molecular flexibility index (Phi) is 3.20. The summed E-state index contributed by atoms with van der Waals surface area (Å²) in [6.45, 7) is 0.978. The van der Waals surface area contributed by atoms with E-state index < -0.39 is 0 Å². The summed E-state index contributed by atoms with van der Waals surface area (Å²) in [5.74, 6) is 0.122. The van der Waals surface area contributed by atoms with Crippen LogP contribution in [0.3, 0.4) is 0 Å². The third kappa shape index (κ3) is 1.98. The second-order valence-corrected chi connectivity index (χ2v) is 2.79. The summed E-state index contributed by atoms with van der Waals surface area (Å²) in [6.07, 6.45) is 2.09. The van der Waals surface area contributed by atoms with Gasteiger partial charge in [0.2, 0.25) is 0 Å². The quantitative estimate of drug-likeness (QED) is 0.592. The van der Waals surface area contributed by atoms with Crippen LogP contribution in [0.1, 0.15) is 12.8 Å². The van der Waals surface area contributed by atoms with Gasteiger partial charge in [-0.15, -0.1) is 0 Å². The van der Waals surface area contributed by atoms with Gasteiger partial charge in [0.15, 0.2) is 0 Å². The van der Waals surface area contributed by atoms with Crippen LogP contribution in [0.25, 0.3) is 0 Å². The SMILES string of the molecule is O=C(N[CH2][Cr])C1CCCN1. The molecule has 0 aliphatic carbocycles. The Labute approximate surface area is 69.0 Å². The monoisotopic (exact) mass is 179 g/mol. The van der Waals surface area contributed by atoms with E-state index in [1.807, 2.05) is 0 Å². The fourth-order valence-electron chi connectivity index (χ4n) is 1.10. The number of carbonyl (C=O) groups is 1. The molecule has 57 valence electrons. The minimum absolute atomic E-state index is 0.0633. The molecule has 1 fully saturated rings. The van der Waals surface area contributed by atoms with E-state index in [-0.39, 0.29) is 11.9 Å². The van der Waals surface area contributed by atoms with Gasteiger partial charge in [-0.1, -0.05) is 0 Å². The molecule has 0 saturated carbocycles. The van der Waals surface area contributed by atoms with E-state index in [2.05, 4.69) is 26.9 Å². The van der Waals surface area contributed by atoms with Crippen LogP contribution in [0.2, 0.25) is 0 Å². The fraction of sp³-hybridized carbons (Fsp3) is 0.833. The summed E-state index contributed by atoms with van der Waals surface area (Å²) in [7, 11) is 0. The number of nitrogens with one attached hydrogen (secondary N) is 2. The average molecular weight is 179 g/mol. The molecule has 0 spiro atoms. The van der Waals surface area contributed by atoms with Crippen molar-refractivity contribution >= 4 is 5.91 Å². The predicted octanol–water partition coefficient (Wildman–Crippen LogP) is -0.641. The van der Waals surface area contributed by atoms with Crippen LogP contribution < -0.4 is 10.6 Å². The molecule has 1 saturated heterocycles. The van der Waals surface area contributed by atoms with E-state index in [1.54, 1.807) is 0 Å². The zero-order valence-corrected chi connectivity index (χ0v) is 7.00. The van der Waals surface area contributed by atoms with Gasteiger partial charge >= 0.3 is 68.5 Å². The van der Waals surface area contributed by atoms with Gasteiger partial charge < -0.3 is 0 Å². The number of amides is 1. The Hall–Kier alpha value is -0.0375. The summed E-state index contributed by atoms with van der Waals surface area (Å²) < 4.78 is 0. The third-order valence-electron chi connectivity index (χ3n) is 1.62. The first-order chi connectivity index (χ1) is 4.84. The first-order valence-corrected chi connectivity index (χ1v) is 4.34. The van der Waals surface area contributed by atoms with Crippen LogP contribution in [0.4, 0.5) is 0 Å². The topological polar surface area (TPSA) is 41.1 Å². The molecule has 0 aromatic heterocycles. The van der Waals surface area contributed by atoms with Gasteiger partial charge in [0.05, 0.1) is 0 Å². The summed E-state index contributed by atoms with van der Waals surface area (Å²) in [6, 6.07) is 0.0633. The van der Waals surface area contributed by atoms with Gasteiger partial charge in [0.1, 0.15) is 0 Å². The average Bonchev–Trinajstić information content (AvgIpc) is 2.38. The molecule has 0 bridgehead atoms. The molecule has 1 aliphatic rings. The van der Waals surface area contributed by atoms with Crippen LogP contribution in [0.15, 0.2) is 0 Å². The van der Waals surface area contributed by atoms with Gasteiger partial charge in [-0.25, -0.2) is 0 Å². The van der Waals surface area contributed by atoms with Crippen molar-refractivity contribution in [3.8, 4) is 0 Å². The second-order valence-electron chi connectivity index (χ2n) is 2.33. The normalized spacial score (nSPS) is 24.6. The summed E-state index contributed by atoms with van der Waals surface area (Å²) >= 11 is 2.74. The van der Waals surface area contributed by atoms with E-state index in [4.69, 9.17) is 0 Å². The summed E-state index contributed by atoms with van der Waals surface area (Å²) in [5.41, 5.74) is 0. The fourth-order valence-corrected chi connectivity index (χ4v) is 1.32. The molecule has 2 N–H and O–H groups in total. The second kappa shape index (κ2) is 3.97. The summed E-state index contributed by atoms with van der Waals surface area (Å²) in [5, 5.41) is 6.45. The van der Waals surface area contributed by atoms with E-state index >= 15 is 0 Å². The number of hydrogen-bond acceptors (Lipinski definition) is 2. The first kappa shape index (κ1) is 8.06. The van der Waals surface area contributed by atoms with Crippen LogP contribution in [0.5, 0.6) is 0 Å². The maximum absolute atomic E-state index is 11.1. The molecule has 1 atom stereocenters. The van der Waals surface area contributed by atoms with Crippen LogP contribution in [-0.2, 0) is 21.1 Å². The molecule has 0 radical (unpaired) electrons. The molecule has 0 aromatic rings. The standard InChI is InChI=1S/C6H11N2O.Cr/c1-7-6(9)5-3-2-4-8-5;/h5,8H,1-4H2,(H,7,9);. The van der Waals surface area contributed by atoms with Gasteiger partial charge in [0, 0.05) is 0 Å². The maximum atomic E-state index is 11.1. The molecular weight excluding hydrogens is 168 g/mol. The Morgan fingerprint density at radius 3 is 3.10 bits per heavy atom. The van der Waals surface area contributed by atoms with Crippen molar-refractivity contribution in [1.82, 2.24) is 10.6 Å². The van der Waals surface area contributed by atoms with Crippen molar-refractivity contribution in [2.75, 3.05) is 12.0 Å². The van der Waals surface area contributed by atoms with Crippen LogP contribution in [0, 0.1) is 0 Å². The molecule has 1 heterocycles. The van der Waals surface area contributed by atoms with Crippen molar-refractivity contribution in [3.05, 3.63) is 0 Å². The Bertz CT molecular complexity index is 123. The molecule has 10 heavy (non-hydrogen) atoms. The molecular formula is C6H11CrN2O. The molecule has 1 amide bonds. The van der Waals surface area contributed by atoms with E-state index in [0.29, 0.717) is 5.41 Å². The minimum atomic E-state index is 0.0633. The van der Waals surface area contributed by atoms with Crippen molar-refractivity contribution in [2.45, 2.75) is 18.9 Å². The zero-order valence-electron chi connectivity index (χ0n) is 5.72. The Balaban J connectivity index is 2.25. The number of carbonyl (C=O) groups excluding carboxylic acids is 1. The molecule has 0 aromatic carbocycles. The van der Waals surface area contributed by atoms with Gasteiger partial charge in [-0.3, -0.25) is 0 Å². The number of hydrogen-bond donors (Lipinski definition) is 2. The van der Waals surface area contributed by atoms with Crippen molar-refractivity contribution in [2.24, 2.45) is 0 Å². The van der Waals surface area contributed by atoms with Gasteiger partial charge in [-0.2, -0.15) is 0 Å². The molecule has 1 unspecified atom stereocenters. The van der Waals surface area contributed by atoms with Gasteiger partial charge in [-0.05, 0) is 0 Å². The molecule has 1 rings (SSSR count). The van der Waals surface area contributed by atoms with E-state index in [9.17, 15) is 4.79 Å². The Morgan fingerprint density at radius 1 is 1.80 bits per heavy atom. The van der Waals surface area contributed by atoms with Crippen molar-refractivity contribution in [1.29, 1.82) is 0 Å². The van der Waals surface area contributed by atoms with Crippen molar-refractivity contribution in [3.63, 3.8) is 0 Å². The molecule has 3 nitrogen and oxygen atoms in total.